The van der Waals surface area contributed by atoms with E-state index in [4.69, 9.17) is 25.4 Å². The number of hydrogen-bond donors (Lipinski definition) is 2. The number of ether oxygens (including phenoxy) is 2. The van der Waals surface area contributed by atoms with Crippen LogP contribution in [0.15, 0.2) is 34.7 Å². The Morgan fingerprint density at radius 1 is 0.957 bits per heavy atom. The molecule has 1 aromatic heterocycles. The minimum atomic E-state index is 0.347. The van der Waals surface area contributed by atoms with Crippen molar-refractivity contribution in [2.24, 2.45) is 0 Å². The molecule has 120 valence electrons. The van der Waals surface area contributed by atoms with Crippen molar-refractivity contribution in [3.63, 3.8) is 0 Å². The summed E-state index contributed by atoms with van der Waals surface area (Å²) >= 11 is 0. The second kappa shape index (κ2) is 6.08. The topological polar surface area (TPSA) is 96.5 Å². The first-order valence-corrected chi connectivity index (χ1v) is 7.31. The zero-order chi connectivity index (χ0) is 16.4. The summed E-state index contributed by atoms with van der Waals surface area (Å²) in [5.41, 5.74) is 15.4. The lowest BCUT2D eigenvalue weighted by Gasteiger charge is -2.11. The summed E-state index contributed by atoms with van der Waals surface area (Å²) in [5.74, 6) is 1.81. The Labute approximate surface area is 134 Å². The van der Waals surface area contributed by atoms with Crippen molar-refractivity contribution < 1.29 is 13.9 Å². The maximum absolute atomic E-state index is 5.96. The van der Waals surface area contributed by atoms with Crippen molar-refractivity contribution >= 4 is 22.5 Å². The SMILES string of the molecule is Cc1ccc(N)c(OCCOc2cc3nc(C)oc3cc2N)c1. The standard InChI is InChI=1S/C17H19N3O3/c1-10-3-4-12(18)15(7-10)21-5-6-22-16-9-14-17(8-13(16)19)23-11(2)20-14/h3-4,7-9H,5-6,18-19H2,1-2H3. The molecule has 6 heteroatoms. The van der Waals surface area contributed by atoms with E-state index in [2.05, 4.69) is 4.98 Å². The molecule has 0 amide bonds. The molecule has 0 bridgehead atoms. The van der Waals surface area contributed by atoms with Crippen molar-refractivity contribution in [2.75, 3.05) is 24.7 Å². The molecule has 0 saturated heterocycles. The van der Waals surface area contributed by atoms with Crippen LogP contribution in [0.5, 0.6) is 11.5 Å². The van der Waals surface area contributed by atoms with Gasteiger partial charge in [0.1, 0.15) is 30.2 Å². The number of nitrogens with two attached hydrogens (primary N) is 2. The number of rotatable bonds is 5. The summed E-state index contributed by atoms with van der Waals surface area (Å²) in [6.07, 6.45) is 0. The Hall–Kier alpha value is -2.89. The highest BCUT2D eigenvalue weighted by molar-refractivity contribution is 5.80. The summed E-state index contributed by atoms with van der Waals surface area (Å²) in [4.78, 5) is 4.26. The zero-order valence-corrected chi connectivity index (χ0v) is 13.1. The van der Waals surface area contributed by atoms with Crippen LogP contribution >= 0.6 is 0 Å². The molecule has 4 N–H and O–H groups in total. The Morgan fingerprint density at radius 2 is 1.65 bits per heavy atom. The molecule has 6 nitrogen and oxygen atoms in total. The first-order chi connectivity index (χ1) is 11.0. The van der Waals surface area contributed by atoms with Gasteiger partial charge in [0.25, 0.3) is 0 Å². The van der Waals surface area contributed by atoms with Gasteiger partial charge < -0.3 is 25.4 Å². The lowest BCUT2D eigenvalue weighted by Crippen LogP contribution is -2.10. The van der Waals surface area contributed by atoms with Crippen molar-refractivity contribution in [2.45, 2.75) is 13.8 Å². The number of nitrogen functional groups attached to an aromatic ring is 2. The van der Waals surface area contributed by atoms with Gasteiger partial charge in [-0.3, -0.25) is 0 Å². The van der Waals surface area contributed by atoms with Crippen LogP contribution in [0.25, 0.3) is 11.1 Å². The van der Waals surface area contributed by atoms with Crippen LogP contribution in [0.1, 0.15) is 11.5 Å². The van der Waals surface area contributed by atoms with E-state index >= 15 is 0 Å². The average Bonchev–Trinajstić information content (AvgIpc) is 2.86. The summed E-state index contributed by atoms with van der Waals surface area (Å²) in [7, 11) is 0. The van der Waals surface area contributed by atoms with Crippen molar-refractivity contribution in [1.82, 2.24) is 4.98 Å². The minimum absolute atomic E-state index is 0.347. The zero-order valence-electron chi connectivity index (χ0n) is 13.1. The third-order valence-electron chi connectivity index (χ3n) is 3.39. The quantitative estimate of drug-likeness (QED) is 0.555. The molecule has 3 rings (SSSR count). The molecule has 0 spiro atoms. The molecule has 23 heavy (non-hydrogen) atoms. The second-order valence-electron chi connectivity index (χ2n) is 5.33. The summed E-state index contributed by atoms with van der Waals surface area (Å²) in [5, 5.41) is 0. The molecule has 0 saturated carbocycles. The van der Waals surface area contributed by atoms with Gasteiger partial charge >= 0.3 is 0 Å². The van der Waals surface area contributed by atoms with Crippen molar-refractivity contribution in [3.05, 3.63) is 41.8 Å². The smallest absolute Gasteiger partial charge is 0.192 e. The fourth-order valence-corrected chi connectivity index (χ4v) is 2.28. The fraction of sp³-hybridized carbons (Fsp3) is 0.235. The van der Waals surface area contributed by atoms with E-state index in [0.29, 0.717) is 47.6 Å². The molecule has 0 aliphatic heterocycles. The maximum Gasteiger partial charge on any atom is 0.192 e. The van der Waals surface area contributed by atoms with Gasteiger partial charge in [0.05, 0.1) is 11.4 Å². The first kappa shape index (κ1) is 15.0. The van der Waals surface area contributed by atoms with Gasteiger partial charge in [0, 0.05) is 19.1 Å². The van der Waals surface area contributed by atoms with Crippen LogP contribution < -0.4 is 20.9 Å². The number of aryl methyl sites for hydroxylation is 2. The number of nitrogens with zero attached hydrogens (tertiary/aromatic N) is 1. The van der Waals surface area contributed by atoms with E-state index in [9.17, 15) is 0 Å². The number of anilines is 2. The summed E-state index contributed by atoms with van der Waals surface area (Å²) < 4.78 is 16.7. The minimum Gasteiger partial charge on any atom is -0.488 e. The Bertz CT molecular complexity index is 842. The van der Waals surface area contributed by atoms with E-state index in [1.54, 1.807) is 19.1 Å². The van der Waals surface area contributed by atoms with Crippen LogP contribution in [0.4, 0.5) is 11.4 Å². The summed E-state index contributed by atoms with van der Waals surface area (Å²) in [6, 6.07) is 9.14. The van der Waals surface area contributed by atoms with Gasteiger partial charge in [-0.1, -0.05) is 6.07 Å². The molecule has 0 aliphatic rings. The molecule has 0 atom stereocenters. The highest BCUT2D eigenvalue weighted by Crippen LogP contribution is 2.28. The van der Waals surface area contributed by atoms with Crippen LogP contribution in [0.2, 0.25) is 0 Å². The van der Waals surface area contributed by atoms with Gasteiger partial charge in [0.15, 0.2) is 11.5 Å². The lowest BCUT2D eigenvalue weighted by atomic mass is 10.2. The monoisotopic (exact) mass is 313 g/mol. The molecule has 0 unspecified atom stereocenters. The number of oxazole rings is 1. The van der Waals surface area contributed by atoms with Gasteiger partial charge in [-0.05, 0) is 24.6 Å². The predicted octanol–water partition coefficient (Wildman–Crippen LogP) is 3.07. The molecule has 0 fully saturated rings. The molecule has 0 radical (unpaired) electrons. The highest BCUT2D eigenvalue weighted by atomic mass is 16.5. The predicted molar refractivity (Wildman–Crippen MR) is 89.7 cm³/mol. The van der Waals surface area contributed by atoms with Crippen molar-refractivity contribution in [3.8, 4) is 11.5 Å². The highest BCUT2D eigenvalue weighted by Gasteiger charge is 2.09. The third-order valence-corrected chi connectivity index (χ3v) is 3.39. The van der Waals surface area contributed by atoms with E-state index in [1.807, 2.05) is 25.1 Å². The molecular formula is C17H19N3O3. The van der Waals surface area contributed by atoms with Crippen LogP contribution in [-0.4, -0.2) is 18.2 Å². The molecule has 2 aromatic carbocycles. The normalized spacial score (nSPS) is 10.9. The van der Waals surface area contributed by atoms with Crippen molar-refractivity contribution in [1.29, 1.82) is 0 Å². The largest absolute Gasteiger partial charge is 0.488 e. The number of benzene rings is 2. The van der Waals surface area contributed by atoms with E-state index in [0.717, 1.165) is 11.1 Å². The van der Waals surface area contributed by atoms with Gasteiger partial charge in [-0.25, -0.2) is 4.98 Å². The van der Waals surface area contributed by atoms with Crippen LogP contribution in [0.3, 0.4) is 0 Å². The third kappa shape index (κ3) is 3.31. The van der Waals surface area contributed by atoms with Crippen LogP contribution in [-0.2, 0) is 0 Å². The fourth-order valence-electron chi connectivity index (χ4n) is 2.28. The van der Waals surface area contributed by atoms with Crippen LogP contribution in [0, 0.1) is 13.8 Å². The Balaban J connectivity index is 1.62. The Morgan fingerprint density at radius 3 is 2.39 bits per heavy atom. The Kier molecular flexibility index (Phi) is 3.97. The van der Waals surface area contributed by atoms with E-state index in [1.165, 1.54) is 0 Å². The van der Waals surface area contributed by atoms with Gasteiger partial charge in [0.2, 0.25) is 0 Å². The maximum atomic E-state index is 5.96. The van der Waals surface area contributed by atoms with Gasteiger partial charge in [-0.15, -0.1) is 0 Å². The average molecular weight is 313 g/mol. The number of fused-ring (bicyclic) bond motifs is 1. The first-order valence-electron chi connectivity index (χ1n) is 7.31. The second-order valence-corrected chi connectivity index (χ2v) is 5.33. The number of aromatic nitrogens is 1. The molecule has 3 aromatic rings. The molecule has 0 aliphatic carbocycles. The molecule has 1 heterocycles. The molecular weight excluding hydrogens is 294 g/mol. The van der Waals surface area contributed by atoms with E-state index in [-0.39, 0.29) is 0 Å². The lowest BCUT2D eigenvalue weighted by molar-refractivity contribution is 0.218. The number of hydrogen-bond acceptors (Lipinski definition) is 6. The van der Waals surface area contributed by atoms with E-state index < -0.39 is 0 Å². The summed E-state index contributed by atoms with van der Waals surface area (Å²) in [6.45, 7) is 4.48. The van der Waals surface area contributed by atoms with Gasteiger partial charge in [-0.2, -0.15) is 0 Å².